The van der Waals surface area contributed by atoms with Gasteiger partial charge in [-0.2, -0.15) is 0 Å². The van der Waals surface area contributed by atoms with Gasteiger partial charge in [0, 0.05) is 67.5 Å². The van der Waals surface area contributed by atoms with Crippen LogP contribution in [-0.4, -0.2) is 72.4 Å². The summed E-state index contributed by atoms with van der Waals surface area (Å²) in [5.41, 5.74) is 23.7. The maximum atomic E-state index is 5.48. The van der Waals surface area contributed by atoms with Crippen LogP contribution < -0.4 is 0 Å². The van der Waals surface area contributed by atoms with Crippen LogP contribution in [0, 0.1) is 0 Å². The largest absolute Gasteiger partial charge is 2.00 e. The molecule has 0 fully saturated rings. The van der Waals surface area contributed by atoms with E-state index in [1.807, 2.05) is 72.8 Å². The molecule has 0 aliphatic rings. The maximum absolute atomic E-state index is 5.48. The predicted molar refractivity (Wildman–Crippen MR) is 425 cm³/mol. The van der Waals surface area contributed by atoms with Gasteiger partial charge in [0.2, 0.25) is 0 Å². The second-order valence-corrected chi connectivity index (χ2v) is 25.7. The third kappa shape index (κ3) is 13.8. The Hall–Kier alpha value is -13.5. The van der Waals surface area contributed by atoms with Crippen LogP contribution in [0.5, 0.6) is 0 Å². The third-order valence-electron chi connectivity index (χ3n) is 19.1. The first-order valence-corrected chi connectivity index (χ1v) is 35.2. The molecule has 0 amide bonds. The van der Waals surface area contributed by atoms with Gasteiger partial charge in [-0.3, -0.25) is 0 Å². The zero-order valence-electron chi connectivity index (χ0n) is 57.2. The SMILES string of the molecule is [Fe+2].c1ccc(-c2cc(-c3ccccc3)n([BH-](n3nc(-c4ccccc4)cc3-c3ccccc3)n3nc(-c4ccccc4)cc3-c3ccccc3)n2)cc1.c1ccc(-c2cc(-c3ccccc3)n([BH-](n3nc(-c4ccccc4)cc3-c3ccccc3)n3nc(-c4ccccc4)cc3-c3ccccc3)n2)cc1. The first kappa shape index (κ1) is 66.1. The number of hydrogen-bond donors (Lipinski definition) is 0. The molecule has 15 heteroatoms. The van der Waals surface area contributed by atoms with Gasteiger partial charge < -0.3 is 27.6 Å². The van der Waals surface area contributed by atoms with Crippen molar-refractivity contribution in [3.8, 4) is 135 Å². The molecule has 0 unspecified atom stereocenters. The average molecular weight is 1400 g/mol. The molecule has 0 radical (unpaired) electrons. The normalized spacial score (nSPS) is 11.1. The second-order valence-electron chi connectivity index (χ2n) is 25.7. The standard InChI is InChI=1S/2C45H34BN6.Fe/c2*1-7-19-34(20-8-1)40-31-43(37-25-13-4-14-26-37)50(47-40)46(51-44(38-27-15-5-16-28-38)32-41(48-51)35-21-9-2-10-22-35)52-45(39-29-17-6-18-30-39)33-42(49-52)36-23-11-3-12-24-36;/h2*1-33,46H;/q2*-1;+2. The molecule has 502 valence electrons. The molecule has 0 saturated carbocycles. The van der Waals surface area contributed by atoms with Crippen LogP contribution >= 0.6 is 0 Å². The zero-order chi connectivity index (χ0) is 69.4. The van der Waals surface area contributed by atoms with Gasteiger partial charge in [0.05, 0.1) is 34.2 Å². The smallest absolute Gasteiger partial charge is 0.396 e. The summed E-state index contributed by atoms with van der Waals surface area (Å²) in [5.74, 6) is 0. The molecule has 6 aromatic heterocycles. The van der Waals surface area contributed by atoms with Crippen LogP contribution in [0.4, 0.5) is 0 Å². The Bertz CT molecular complexity index is 4890. The zero-order valence-corrected chi connectivity index (χ0v) is 58.3. The minimum absolute atomic E-state index is 0. The van der Waals surface area contributed by atoms with Crippen molar-refractivity contribution >= 4 is 14.2 Å². The third-order valence-corrected chi connectivity index (χ3v) is 19.1. The monoisotopic (exact) mass is 1390 g/mol. The second kappa shape index (κ2) is 30.4. The summed E-state index contributed by atoms with van der Waals surface area (Å²) in [7, 11) is -3.92. The Morgan fingerprint density at radius 1 is 0.143 bits per heavy atom. The number of aromatic nitrogens is 12. The van der Waals surface area contributed by atoms with E-state index in [1.165, 1.54) is 0 Å². The van der Waals surface area contributed by atoms with Gasteiger partial charge >= 0.3 is 31.3 Å². The average Bonchev–Trinajstić information content (AvgIpc) is 1.70. The molecule has 12 nitrogen and oxygen atoms in total. The quantitative estimate of drug-likeness (QED) is 0.0792. The molecule has 18 rings (SSSR count). The van der Waals surface area contributed by atoms with E-state index in [0.717, 1.165) is 135 Å². The van der Waals surface area contributed by atoms with Gasteiger partial charge in [0.15, 0.2) is 0 Å². The molecule has 0 atom stereocenters. The van der Waals surface area contributed by atoms with E-state index in [9.17, 15) is 0 Å². The molecular formula is C90H68B2FeN12. The Morgan fingerprint density at radius 2 is 0.248 bits per heavy atom. The number of hydrogen-bond acceptors (Lipinski definition) is 6. The molecule has 18 aromatic rings. The van der Waals surface area contributed by atoms with E-state index >= 15 is 0 Å². The van der Waals surface area contributed by atoms with E-state index in [0.29, 0.717) is 0 Å². The Labute approximate surface area is 620 Å². The summed E-state index contributed by atoms with van der Waals surface area (Å²) < 4.78 is 13.0. The summed E-state index contributed by atoms with van der Waals surface area (Å²) in [6.45, 7) is 0. The first-order valence-electron chi connectivity index (χ1n) is 35.2. The summed E-state index contributed by atoms with van der Waals surface area (Å²) in [6, 6.07) is 138. The Morgan fingerprint density at radius 3 is 0.362 bits per heavy atom. The summed E-state index contributed by atoms with van der Waals surface area (Å²) in [6.07, 6.45) is 0. The fraction of sp³-hybridized carbons (Fsp3) is 0. The maximum Gasteiger partial charge on any atom is 2.00 e. The number of benzene rings is 12. The van der Waals surface area contributed by atoms with Gasteiger partial charge in [0.1, 0.15) is 0 Å². The van der Waals surface area contributed by atoms with Gasteiger partial charge in [-0.05, 0) is 69.8 Å². The van der Waals surface area contributed by atoms with Gasteiger partial charge in [-0.15, -0.1) is 0 Å². The van der Waals surface area contributed by atoms with Gasteiger partial charge in [0.25, 0.3) is 0 Å². The van der Waals surface area contributed by atoms with Crippen LogP contribution in [0.2, 0.25) is 0 Å². The molecule has 0 aliphatic heterocycles. The fourth-order valence-corrected chi connectivity index (χ4v) is 14.1. The topological polar surface area (TPSA) is 107 Å². The van der Waals surface area contributed by atoms with Crippen molar-refractivity contribution < 1.29 is 17.1 Å². The first-order chi connectivity index (χ1) is 51.6. The van der Waals surface area contributed by atoms with Crippen LogP contribution in [0.1, 0.15) is 0 Å². The molecule has 12 aromatic carbocycles. The molecule has 0 aliphatic carbocycles. The Kier molecular flexibility index (Phi) is 19.1. The van der Waals surface area contributed by atoms with Crippen molar-refractivity contribution in [2.75, 3.05) is 0 Å². The van der Waals surface area contributed by atoms with Crippen LogP contribution in [-0.2, 0) is 17.1 Å². The summed E-state index contributed by atoms with van der Waals surface area (Å²) in [4.78, 5) is 0. The van der Waals surface area contributed by atoms with E-state index in [4.69, 9.17) is 30.6 Å². The van der Waals surface area contributed by atoms with Crippen LogP contribution in [0.25, 0.3) is 135 Å². The van der Waals surface area contributed by atoms with E-state index in [1.54, 1.807) is 0 Å². The molecular weight excluding hydrogens is 1330 g/mol. The van der Waals surface area contributed by atoms with E-state index in [-0.39, 0.29) is 17.1 Å². The molecule has 6 heterocycles. The molecule has 105 heavy (non-hydrogen) atoms. The fourth-order valence-electron chi connectivity index (χ4n) is 14.1. The van der Waals surface area contributed by atoms with Crippen LogP contribution in [0.15, 0.2) is 400 Å². The number of rotatable bonds is 18. The summed E-state index contributed by atoms with van der Waals surface area (Å²) >= 11 is 0. The number of nitrogens with zero attached hydrogens (tertiary/aromatic N) is 12. The van der Waals surface area contributed by atoms with Crippen molar-refractivity contribution in [2.45, 2.75) is 0 Å². The molecule has 0 saturated heterocycles. The van der Waals surface area contributed by atoms with E-state index in [2.05, 4.69) is 355 Å². The van der Waals surface area contributed by atoms with Crippen molar-refractivity contribution in [1.29, 1.82) is 0 Å². The minimum Gasteiger partial charge on any atom is -0.396 e. The molecule has 0 bridgehead atoms. The van der Waals surface area contributed by atoms with Crippen molar-refractivity contribution in [3.05, 3.63) is 400 Å². The van der Waals surface area contributed by atoms with Crippen LogP contribution in [0.3, 0.4) is 0 Å². The van der Waals surface area contributed by atoms with Crippen molar-refractivity contribution in [1.82, 2.24) is 58.1 Å². The van der Waals surface area contributed by atoms with E-state index < -0.39 is 14.2 Å². The predicted octanol–water partition coefficient (Wildman–Crippen LogP) is 19.9. The summed E-state index contributed by atoms with van der Waals surface area (Å²) in [5, 5.41) is 32.9. The van der Waals surface area contributed by atoms with Crippen molar-refractivity contribution in [2.24, 2.45) is 0 Å². The molecule has 0 N–H and O–H groups in total. The van der Waals surface area contributed by atoms with Gasteiger partial charge in [-0.25, -0.2) is 30.6 Å². The van der Waals surface area contributed by atoms with Gasteiger partial charge in [-0.1, -0.05) is 364 Å². The Balaban J connectivity index is 0.000000160. The molecule has 0 spiro atoms. The van der Waals surface area contributed by atoms with Crippen molar-refractivity contribution in [3.63, 3.8) is 0 Å². The minimum atomic E-state index is -1.96.